The lowest BCUT2D eigenvalue weighted by molar-refractivity contribution is -0.129. The van der Waals surface area contributed by atoms with Crippen LogP contribution in [0, 0.1) is 13.5 Å². The van der Waals surface area contributed by atoms with Gasteiger partial charge in [0.2, 0.25) is 5.91 Å². The Labute approximate surface area is 192 Å². The van der Waals surface area contributed by atoms with Crippen LogP contribution in [-0.4, -0.2) is 38.9 Å². The summed E-state index contributed by atoms with van der Waals surface area (Å²) in [4.78, 5) is 38.5. The Morgan fingerprint density at radius 2 is 2.00 bits per heavy atom. The van der Waals surface area contributed by atoms with Crippen molar-refractivity contribution in [3.63, 3.8) is 0 Å². The number of benzene rings is 1. The van der Waals surface area contributed by atoms with E-state index >= 15 is 0 Å². The van der Waals surface area contributed by atoms with Crippen LogP contribution in [0.5, 0.6) is 0 Å². The van der Waals surface area contributed by atoms with Crippen LogP contribution in [0.4, 0.5) is 17.2 Å². The minimum absolute atomic E-state index is 0.0222. The quantitative estimate of drug-likeness (QED) is 0.518. The maximum atomic E-state index is 13.6. The number of hydrogen-bond donors (Lipinski definition) is 0. The number of hydrogen-bond acceptors (Lipinski definition) is 4. The standard InChI is InChI=1S/C24H23N5O2S/c1-15-11-20(13-26-21(15)25-3)28-22(31)24(8-4-9-24)29(23(28)32)19-6-5-18-14-27(16(2)30)10-7-17(18)12-19/h5-6,11-13H,4,7-10,14H2,1-2H3. The fraction of sp³-hybridized carbons (Fsp3) is 0.375. The van der Waals surface area contributed by atoms with Gasteiger partial charge in [0, 0.05) is 25.7 Å². The molecule has 7 nitrogen and oxygen atoms in total. The van der Waals surface area contributed by atoms with Gasteiger partial charge in [0.1, 0.15) is 11.7 Å². The molecule has 5 rings (SSSR count). The van der Waals surface area contributed by atoms with Crippen molar-refractivity contribution in [2.24, 2.45) is 0 Å². The third-order valence-corrected chi connectivity index (χ3v) is 7.26. The molecule has 0 bridgehead atoms. The summed E-state index contributed by atoms with van der Waals surface area (Å²) >= 11 is 5.85. The smallest absolute Gasteiger partial charge is 0.272 e. The van der Waals surface area contributed by atoms with E-state index in [9.17, 15) is 9.59 Å². The molecule has 32 heavy (non-hydrogen) atoms. The van der Waals surface area contributed by atoms with Gasteiger partial charge in [-0.25, -0.2) is 0 Å². The number of aryl methyl sites for hydroxylation is 1. The second-order valence-electron chi connectivity index (χ2n) is 8.73. The van der Waals surface area contributed by atoms with Gasteiger partial charge >= 0.3 is 0 Å². The molecule has 2 amide bonds. The van der Waals surface area contributed by atoms with Crippen LogP contribution in [0.3, 0.4) is 0 Å². The second kappa shape index (κ2) is 7.38. The SMILES string of the molecule is [C-]#[N+]c1ncc(N2C(=O)C3(CCC3)N(c3ccc4c(c3)CCN(C(C)=O)C4)C2=S)cc1C. The van der Waals surface area contributed by atoms with E-state index in [2.05, 4.69) is 22.0 Å². The lowest BCUT2D eigenvalue weighted by atomic mass is 9.75. The van der Waals surface area contributed by atoms with Crippen LogP contribution in [0.25, 0.3) is 4.85 Å². The maximum Gasteiger partial charge on any atom is 0.272 e. The topological polar surface area (TPSA) is 61.1 Å². The molecule has 8 heteroatoms. The molecule has 162 valence electrons. The van der Waals surface area contributed by atoms with Crippen molar-refractivity contribution in [2.45, 2.75) is 51.6 Å². The Balaban J connectivity index is 1.53. The molecule has 2 aromatic rings. The van der Waals surface area contributed by atoms with Gasteiger partial charge in [-0.2, -0.15) is 0 Å². The summed E-state index contributed by atoms with van der Waals surface area (Å²) in [6.45, 7) is 12.0. The number of carbonyl (C=O) groups is 2. The summed E-state index contributed by atoms with van der Waals surface area (Å²) in [6.07, 6.45) is 4.83. The van der Waals surface area contributed by atoms with E-state index in [1.165, 1.54) is 5.56 Å². The first-order valence-corrected chi connectivity index (χ1v) is 11.2. The highest BCUT2D eigenvalue weighted by Crippen LogP contribution is 2.48. The highest BCUT2D eigenvalue weighted by molar-refractivity contribution is 7.81. The Hall–Kier alpha value is -3.31. The zero-order valence-corrected chi connectivity index (χ0v) is 18.9. The maximum absolute atomic E-state index is 13.6. The molecule has 0 unspecified atom stereocenters. The first kappa shape index (κ1) is 20.6. The van der Waals surface area contributed by atoms with Gasteiger partial charge in [0.05, 0.1) is 5.69 Å². The Kier molecular flexibility index (Phi) is 4.75. The van der Waals surface area contributed by atoms with Gasteiger partial charge in [-0.1, -0.05) is 12.6 Å². The first-order valence-electron chi connectivity index (χ1n) is 10.8. The number of aromatic nitrogens is 1. The van der Waals surface area contributed by atoms with Crippen molar-refractivity contribution in [3.05, 3.63) is 58.6 Å². The molecular formula is C24H23N5O2S. The molecule has 0 N–H and O–H groups in total. The van der Waals surface area contributed by atoms with Crippen molar-refractivity contribution in [2.75, 3.05) is 16.3 Å². The van der Waals surface area contributed by atoms with Crippen LogP contribution in [-0.2, 0) is 22.6 Å². The molecule has 1 aliphatic carbocycles. The van der Waals surface area contributed by atoms with E-state index in [-0.39, 0.29) is 11.8 Å². The molecule has 3 aliphatic rings. The highest BCUT2D eigenvalue weighted by Gasteiger charge is 2.59. The van der Waals surface area contributed by atoms with Crippen LogP contribution in [0.1, 0.15) is 42.9 Å². The van der Waals surface area contributed by atoms with Gasteiger partial charge in [-0.15, -0.1) is 4.98 Å². The number of pyridine rings is 1. The second-order valence-corrected chi connectivity index (χ2v) is 9.10. The minimum atomic E-state index is -0.655. The molecule has 1 aromatic carbocycles. The minimum Gasteiger partial charge on any atom is -0.360 e. The third kappa shape index (κ3) is 2.92. The Bertz CT molecular complexity index is 1210. The van der Waals surface area contributed by atoms with Crippen LogP contribution in [0.15, 0.2) is 30.5 Å². The normalized spacial score (nSPS) is 19.1. The predicted octanol–water partition coefficient (Wildman–Crippen LogP) is 3.91. The first-order chi connectivity index (χ1) is 15.4. The van der Waals surface area contributed by atoms with Crippen molar-refractivity contribution in [1.82, 2.24) is 9.88 Å². The van der Waals surface area contributed by atoms with E-state index in [1.807, 2.05) is 28.9 Å². The molecule has 1 aromatic heterocycles. The number of rotatable bonds is 2. The number of fused-ring (bicyclic) bond motifs is 1. The largest absolute Gasteiger partial charge is 0.360 e. The number of carbonyl (C=O) groups excluding carboxylic acids is 2. The van der Waals surface area contributed by atoms with Gasteiger partial charge in [-0.3, -0.25) is 14.5 Å². The number of anilines is 2. The van der Waals surface area contributed by atoms with Crippen molar-refractivity contribution in [1.29, 1.82) is 0 Å². The molecule has 0 radical (unpaired) electrons. The molecular weight excluding hydrogens is 422 g/mol. The average molecular weight is 446 g/mol. The van der Waals surface area contributed by atoms with Gasteiger partial charge in [0.25, 0.3) is 11.7 Å². The fourth-order valence-electron chi connectivity index (χ4n) is 4.95. The lowest BCUT2D eigenvalue weighted by Gasteiger charge is -2.43. The predicted molar refractivity (Wildman–Crippen MR) is 126 cm³/mol. The summed E-state index contributed by atoms with van der Waals surface area (Å²) in [6, 6.07) is 8.00. The molecule has 2 fully saturated rings. The number of amides is 2. The van der Waals surface area contributed by atoms with Gasteiger partial charge in [-0.05, 0) is 79.7 Å². The molecule has 1 spiro atoms. The van der Waals surface area contributed by atoms with Crippen molar-refractivity contribution < 1.29 is 9.59 Å². The Morgan fingerprint density at radius 3 is 2.62 bits per heavy atom. The number of nitrogens with zero attached hydrogens (tertiary/aromatic N) is 5. The molecule has 0 atom stereocenters. The van der Waals surface area contributed by atoms with Crippen molar-refractivity contribution >= 4 is 46.3 Å². The summed E-state index contributed by atoms with van der Waals surface area (Å²) < 4.78 is 0. The molecule has 3 heterocycles. The van der Waals surface area contributed by atoms with E-state index in [0.29, 0.717) is 29.7 Å². The van der Waals surface area contributed by atoms with E-state index in [0.717, 1.165) is 42.5 Å². The number of thiocarbonyl (C=S) groups is 1. The van der Waals surface area contributed by atoms with Gasteiger partial charge in [0.15, 0.2) is 5.11 Å². The zero-order chi connectivity index (χ0) is 22.6. The van der Waals surface area contributed by atoms with E-state index < -0.39 is 5.54 Å². The average Bonchev–Trinajstić information content (AvgIpc) is 2.99. The lowest BCUT2D eigenvalue weighted by Crippen LogP contribution is -2.55. The van der Waals surface area contributed by atoms with Crippen LogP contribution < -0.4 is 9.80 Å². The molecule has 2 aliphatic heterocycles. The summed E-state index contributed by atoms with van der Waals surface area (Å²) in [5, 5.41) is 0.451. The van der Waals surface area contributed by atoms with Crippen LogP contribution >= 0.6 is 12.2 Å². The zero-order valence-electron chi connectivity index (χ0n) is 18.1. The molecule has 1 saturated carbocycles. The summed E-state index contributed by atoms with van der Waals surface area (Å²) in [5.74, 6) is 0.394. The third-order valence-electron chi connectivity index (χ3n) is 6.90. The van der Waals surface area contributed by atoms with E-state index in [1.54, 1.807) is 18.0 Å². The van der Waals surface area contributed by atoms with Gasteiger partial charge < -0.3 is 14.6 Å². The van der Waals surface area contributed by atoms with E-state index in [4.69, 9.17) is 18.8 Å². The van der Waals surface area contributed by atoms with Crippen LogP contribution in [0.2, 0.25) is 0 Å². The Morgan fingerprint density at radius 1 is 1.22 bits per heavy atom. The summed E-state index contributed by atoms with van der Waals surface area (Å²) in [5.41, 5.74) is 3.93. The monoisotopic (exact) mass is 445 g/mol. The molecule has 1 saturated heterocycles. The van der Waals surface area contributed by atoms with Crippen molar-refractivity contribution in [3.8, 4) is 0 Å². The fourth-order valence-corrected chi connectivity index (χ4v) is 5.42. The highest BCUT2D eigenvalue weighted by atomic mass is 32.1. The summed E-state index contributed by atoms with van der Waals surface area (Å²) in [7, 11) is 0.